The molecule has 2 atom stereocenters. The third-order valence-corrected chi connectivity index (χ3v) is 7.31. The standard InChI is InChI=1S/C34H31FN4O2/c1-3-4-12-27-13-9-16-39(27)33(40)26-18-24(28-14-8-15-30(35)29(28)21-36)17-25(19-26)32-38-22-31(41-32)34(2,37)20-23-10-6-5-7-11-23/h5-8,10-11,14-15,17-19,22,27H,3,9,13,16,20,37H2,1-2H3/t27-,34+/m0/s1. The zero-order chi connectivity index (χ0) is 29.0. The summed E-state index contributed by atoms with van der Waals surface area (Å²) in [5.74, 6) is 6.26. The molecule has 1 saturated heterocycles. The minimum atomic E-state index is -0.833. The number of nitrogens with zero attached hydrogens (tertiary/aromatic N) is 3. The Bertz CT molecular complexity index is 1670. The fourth-order valence-electron chi connectivity index (χ4n) is 5.23. The lowest BCUT2D eigenvalue weighted by atomic mass is 9.92. The zero-order valence-electron chi connectivity index (χ0n) is 23.2. The van der Waals surface area contributed by atoms with E-state index < -0.39 is 11.4 Å². The molecule has 1 aliphatic rings. The van der Waals surface area contributed by atoms with E-state index >= 15 is 0 Å². The highest BCUT2D eigenvalue weighted by Crippen LogP contribution is 2.34. The second kappa shape index (κ2) is 11.8. The van der Waals surface area contributed by atoms with Crippen LogP contribution in [0.1, 0.15) is 60.4 Å². The summed E-state index contributed by atoms with van der Waals surface area (Å²) in [5.41, 5.74) is 8.60. The summed E-state index contributed by atoms with van der Waals surface area (Å²) in [5, 5.41) is 9.70. The van der Waals surface area contributed by atoms with E-state index in [0.717, 1.165) is 18.4 Å². The third kappa shape index (κ3) is 5.91. The molecule has 41 heavy (non-hydrogen) atoms. The molecular weight excluding hydrogens is 515 g/mol. The molecule has 0 radical (unpaired) electrons. The van der Waals surface area contributed by atoms with E-state index in [9.17, 15) is 14.4 Å². The largest absolute Gasteiger partial charge is 0.439 e. The first-order valence-electron chi connectivity index (χ1n) is 13.7. The van der Waals surface area contributed by atoms with Gasteiger partial charge in [0.25, 0.3) is 5.91 Å². The van der Waals surface area contributed by atoms with Gasteiger partial charge in [0, 0.05) is 29.7 Å². The van der Waals surface area contributed by atoms with Crippen molar-refractivity contribution in [2.75, 3.05) is 6.54 Å². The molecule has 0 spiro atoms. The molecule has 3 aromatic carbocycles. The van der Waals surface area contributed by atoms with Gasteiger partial charge in [0.05, 0.1) is 23.3 Å². The van der Waals surface area contributed by atoms with Crippen LogP contribution in [0.15, 0.2) is 77.3 Å². The van der Waals surface area contributed by atoms with Crippen LogP contribution >= 0.6 is 0 Å². The highest BCUT2D eigenvalue weighted by Gasteiger charge is 2.30. The van der Waals surface area contributed by atoms with E-state index in [-0.39, 0.29) is 23.4 Å². The normalized spacial score (nSPS) is 16.0. The summed E-state index contributed by atoms with van der Waals surface area (Å²) in [6, 6.07) is 21.3. The molecule has 2 heterocycles. The number of rotatable bonds is 6. The molecule has 4 aromatic rings. The second-order valence-corrected chi connectivity index (χ2v) is 10.5. The predicted octanol–water partition coefficient (Wildman–Crippen LogP) is 6.45. The average Bonchev–Trinajstić information content (AvgIpc) is 3.66. The number of hydrogen-bond donors (Lipinski definition) is 1. The maximum atomic E-state index is 14.6. The number of aromatic nitrogens is 1. The Kier molecular flexibility index (Phi) is 8.01. The number of benzene rings is 3. The van der Waals surface area contributed by atoms with Crippen molar-refractivity contribution in [2.24, 2.45) is 5.73 Å². The van der Waals surface area contributed by atoms with Gasteiger partial charge in [0.1, 0.15) is 17.6 Å². The van der Waals surface area contributed by atoms with Crippen molar-refractivity contribution in [1.29, 1.82) is 5.26 Å². The molecule has 0 saturated carbocycles. The summed E-state index contributed by atoms with van der Waals surface area (Å²) in [6.45, 7) is 4.46. The first-order valence-corrected chi connectivity index (χ1v) is 13.7. The minimum Gasteiger partial charge on any atom is -0.439 e. The van der Waals surface area contributed by atoms with Crippen LogP contribution in [0.3, 0.4) is 0 Å². The Labute approximate surface area is 239 Å². The van der Waals surface area contributed by atoms with E-state index in [1.165, 1.54) is 6.07 Å². The molecule has 1 amide bonds. The molecule has 5 rings (SSSR count). The monoisotopic (exact) mass is 546 g/mol. The highest BCUT2D eigenvalue weighted by atomic mass is 19.1. The van der Waals surface area contributed by atoms with Crippen LogP contribution in [0.4, 0.5) is 4.39 Å². The number of oxazole rings is 1. The molecule has 0 bridgehead atoms. The topological polar surface area (TPSA) is 96.2 Å². The van der Waals surface area contributed by atoms with Crippen LogP contribution in [0.25, 0.3) is 22.6 Å². The van der Waals surface area contributed by atoms with Crippen molar-refractivity contribution in [3.63, 3.8) is 0 Å². The van der Waals surface area contributed by atoms with Gasteiger partial charge in [-0.2, -0.15) is 5.26 Å². The van der Waals surface area contributed by atoms with Gasteiger partial charge >= 0.3 is 0 Å². The number of carbonyl (C=O) groups is 1. The van der Waals surface area contributed by atoms with E-state index in [1.54, 1.807) is 41.4 Å². The van der Waals surface area contributed by atoms with Gasteiger partial charge in [-0.1, -0.05) is 55.3 Å². The first-order chi connectivity index (χ1) is 19.8. The van der Waals surface area contributed by atoms with Gasteiger partial charge in [-0.3, -0.25) is 4.79 Å². The predicted molar refractivity (Wildman–Crippen MR) is 156 cm³/mol. The number of likely N-dealkylation sites (tertiary alicyclic amines) is 1. The van der Waals surface area contributed by atoms with Crippen LogP contribution in [0.5, 0.6) is 0 Å². The third-order valence-electron chi connectivity index (χ3n) is 7.31. The van der Waals surface area contributed by atoms with Gasteiger partial charge in [0.15, 0.2) is 0 Å². The number of carbonyl (C=O) groups excluding carboxylic acids is 1. The molecule has 0 aliphatic carbocycles. The lowest BCUT2D eigenvalue weighted by Crippen LogP contribution is -2.35. The lowest BCUT2D eigenvalue weighted by Gasteiger charge is -2.22. The molecule has 2 N–H and O–H groups in total. The molecule has 0 unspecified atom stereocenters. The number of hydrogen-bond acceptors (Lipinski definition) is 5. The summed E-state index contributed by atoms with van der Waals surface area (Å²) < 4.78 is 20.8. The summed E-state index contributed by atoms with van der Waals surface area (Å²) >= 11 is 0. The van der Waals surface area contributed by atoms with Gasteiger partial charge in [-0.25, -0.2) is 9.37 Å². The van der Waals surface area contributed by atoms with Gasteiger partial charge in [-0.15, -0.1) is 5.92 Å². The Balaban J connectivity index is 1.58. The van der Waals surface area contributed by atoms with Crippen molar-refractivity contribution >= 4 is 5.91 Å². The second-order valence-electron chi connectivity index (χ2n) is 10.5. The van der Waals surface area contributed by atoms with Crippen LogP contribution < -0.4 is 5.73 Å². The van der Waals surface area contributed by atoms with Crippen LogP contribution in [-0.2, 0) is 12.0 Å². The number of nitriles is 1. The molecule has 1 fully saturated rings. The van der Waals surface area contributed by atoms with Crippen molar-refractivity contribution in [3.8, 4) is 40.5 Å². The summed E-state index contributed by atoms with van der Waals surface area (Å²) in [7, 11) is 0. The van der Waals surface area contributed by atoms with Crippen molar-refractivity contribution in [1.82, 2.24) is 9.88 Å². The fraction of sp³-hybridized carbons (Fsp3) is 0.265. The molecule has 1 aliphatic heterocycles. The summed E-state index contributed by atoms with van der Waals surface area (Å²) in [6.07, 6.45) is 4.53. The van der Waals surface area contributed by atoms with Gasteiger partial charge < -0.3 is 15.1 Å². The average molecular weight is 547 g/mol. The van der Waals surface area contributed by atoms with Gasteiger partial charge in [-0.05, 0) is 61.6 Å². The lowest BCUT2D eigenvalue weighted by molar-refractivity contribution is 0.0766. The fourth-order valence-corrected chi connectivity index (χ4v) is 5.23. The van der Waals surface area contributed by atoms with E-state index in [2.05, 4.69) is 16.8 Å². The molecule has 7 heteroatoms. The van der Waals surface area contributed by atoms with E-state index in [1.807, 2.05) is 50.2 Å². The van der Waals surface area contributed by atoms with E-state index in [4.69, 9.17) is 10.2 Å². The van der Waals surface area contributed by atoms with Crippen LogP contribution in [0.2, 0.25) is 0 Å². The van der Waals surface area contributed by atoms with Crippen molar-refractivity contribution < 1.29 is 13.6 Å². The highest BCUT2D eigenvalue weighted by molar-refractivity contribution is 5.97. The zero-order valence-corrected chi connectivity index (χ0v) is 23.2. The minimum absolute atomic E-state index is 0.0959. The Morgan fingerprint density at radius 1 is 1.17 bits per heavy atom. The van der Waals surface area contributed by atoms with Crippen molar-refractivity contribution in [3.05, 3.63) is 101 Å². The smallest absolute Gasteiger partial charge is 0.254 e. The van der Waals surface area contributed by atoms with E-state index in [0.29, 0.717) is 47.4 Å². The number of amides is 1. The Morgan fingerprint density at radius 3 is 2.71 bits per heavy atom. The van der Waals surface area contributed by atoms with Gasteiger partial charge in [0.2, 0.25) is 5.89 Å². The molecule has 206 valence electrons. The van der Waals surface area contributed by atoms with Crippen molar-refractivity contribution in [2.45, 2.75) is 51.1 Å². The summed E-state index contributed by atoms with van der Waals surface area (Å²) in [4.78, 5) is 20.1. The molecule has 1 aromatic heterocycles. The Hall–Kier alpha value is -4.72. The maximum Gasteiger partial charge on any atom is 0.254 e. The number of nitrogens with two attached hydrogens (primary N) is 1. The molecule has 6 nitrogen and oxygen atoms in total. The first kappa shape index (κ1) is 27.8. The SMILES string of the molecule is CCC#C[C@H]1CCCN1C(=O)c1cc(-c2ncc([C@](C)(N)Cc3ccccc3)o2)cc(-c2cccc(F)c2C#N)c1. The number of halogens is 1. The quantitative estimate of drug-likeness (QED) is 0.280. The maximum absolute atomic E-state index is 14.6. The van der Waals surface area contributed by atoms with Crippen LogP contribution in [-0.4, -0.2) is 28.4 Å². The van der Waals surface area contributed by atoms with Crippen LogP contribution in [0, 0.1) is 29.0 Å². The molecular formula is C34H31FN4O2. The Morgan fingerprint density at radius 2 is 1.95 bits per heavy atom.